The molecule has 0 spiro atoms. The minimum Gasteiger partial charge on any atom is -0.298 e. The summed E-state index contributed by atoms with van der Waals surface area (Å²) < 4.78 is 0.733. The molecule has 0 aliphatic carbocycles. The zero-order chi connectivity index (χ0) is 11.9. The molecule has 0 saturated carbocycles. The molecule has 82 valence electrons. The third-order valence-electron chi connectivity index (χ3n) is 2.31. The number of Topliss-reactive ketones (excluding diaryl/α,β-unsaturated/α-hetero) is 1. The van der Waals surface area contributed by atoms with Crippen LogP contribution in [-0.4, -0.2) is 29.0 Å². The lowest BCUT2D eigenvalue weighted by Crippen LogP contribution is -2.33. The van der Waals surface area contributed by atoms with Crippen molar-refractivity contribution in [2.45, 2.75) is 6.92 Å². The van der Waals surface area contributed by atoms with Gasteiger partial charge in [-0.15, -0.1) is 0 Å². The molecule has 5 heteroatoms. The van der Waals surface area contributed by atoms with Gasteiger partial charge in [0.25, 0.3) is 11.8 Å². The van der Waals surface area contributed by atoms with Gasteiger partial charge in [-0.1, -0.05) is 15.9 Å². The maximum atomic E-state index is 11.8. The SMILES string of the molecule is CC(=O)CN1C(=O)c2ccc(Br)cc2C1=O. The fourth-order valence-electron chi connectivity index (χ4n) is 1.63. The Balaban J connectivity index is 2.44. The van der Waals surface area contributed by atoms with Crippen LogP contribution in [0.5, 0.6) is 0 Å². The standard InChI is InChI=1S/C11H8BrNO3/c1-6(14)5-13-10(15)8-3-2-7(12)4-9(8)11(13)16/h2-4H,5H2,1H3. The number of amides is 2. The average Bonchev–Trinajstić information content (AvgIpc) is 2.43. The summed E-state index contributed by atoms with van der Waals surface area (Å²) in [4.78, 5) is 35.5. The van der Waals surface area contributed by atoms with Gasteiger partial charge in [-0.05, 0) is 25.1 Å². The number of carbonyl (C=O) groups excluding carboxylic acids is 3. The van der Waals surface area contributed by atoms with E-state index in [1.807, 2.05) is 0 Å². The Morgan fingerprint density at radius 3 is 2.50 bits per heavy atom. The van der Waals surface area contributed by atoms with E-state index in [1.54, 1.807) is 18.2 Å². The summed E-state index contributed by atoms with van der Waals surface area (Å²) >= 11 is 3.23. The number of fused-ring (bicyclic) bond motifs is 1. The highest BCUT2D eigenvalue weighted by Gasteiger charge is 2.35. The molecule has 0 aromatic heterocycles. The van der Waals surface area contributed by atoms with Gasteiger partial charge in [0.2, 0.25) is 0 Å². The molecule has 0 unspecified atom stereocenters. The second-order valence-electron chi connectivity index (χ2n) is 3.59. The topological polar surface area (TPSA) is 54.5 Å². The van der Waals surface area contributed by atoms with Crippen LogP contribution < -0.4 is 0 Å². The van der Waals surface area contributed by atoms with Crippen LogP contribution >= 0.6 is 15.9 Å². The fraction of sp³-hybridized carbons (Fsp3) is 0.182. The van der Waals surface area contributed by atoms with Gasteiger partial charge in [-0.2, -0.15) is 0 Å². The predicted octanol–water partition coefficient (Wildman–Crippen LogP) is 1.63. The van der Waals surface area contributed by atoms with Crippen LogP contribution in [-0.2, 0) is 4.79 Å². The number of imide groups is 1. The zero-order valence-electron chi connectivity index (χ0n) is 8.49. The van der Waals surface area contributed by atoms with Gasteiger partial charge < -0.3 is 0 Å². The first-order valence-electron chi connectivity index (χ1n) is 4.66. The van der Waals surface area contributed by atoms with Crippen LogP contribution in [0.3, 0.4) is 0 Å². The van der Waals surface area contributed by atoms with Crippen molar-refractivity contribution in [3.8, 4) is 0 Å². The Morgan fingerprint density at radius 2 is 1.88 bits per heavy atom. The first-order chi connectivity index (χ1) is 7.50. The number of nitrogens with zero attached hydrogens (tertiary/aromatic N) is 1. The van der Waals surface area contributed by atoms with E-state index < -0.39 is 11.8 Å². The number of rotatable bonds is 2. The summed E-state index contributed by atoms with van der Waals surface area (Å²) in [6, 6.07) is 4.87. The van der Waals surface area contributed by atoms with Crippen LogP contribution in [0.2, 0.25) is 0 Å². The Labute approximate surface area is 100 Å². The summed E-state index contributed by atoms with van der Waals surface area (Å²) in [6.45, 7) is 1.18. The molecular weight excluding hydrogens is 274 g/mol. The molecule has 16 heavy (non-hydrogen) atoms. The Kier molecular flexibility index (Phi) is 2.63. The largest absolute Gasteiger partial charge is 0.298 e. The normalized spacial score (nSPS) is 14.2. The lowest BCUT2D eigenvalue weighted by molar-refractivity contribution is -0.117. The van der Waals surface area contributed by atoms with Crippen molar-refractivity contribution in [1.29, 1.82) is 0 Å². The second-order valence-corrected chi connectivity index (χ2v) is 4.50. The van der Waals surface area contributed by atoms with Crippen molar-refractivity contribution in [3.63, 3.8) is 0 Å². The van der Waals surface area contributed by atoms with Gasteiger partial charge in [0, 0.05) is 4.47 Å². The molecule has 1 heterocycles. The highest BCUT2D eigenvalue weighted by molar-refractivity contribution is 9.10. The van der Waals surface area contributed by atoms with Crippen molar-refractivity contribution < 1.29 is 14.4 Å². The Hall–Kier alpha value is -1.49. The fourth-order valence-corrected chi connectivity index (χ4v) is 1.99. The number of benzene rings is 1. The summed E-state index contributed by atoms with van der Waals surface area (Å²) in [5, 5.41) is 0. The molecule has 0 atom stereocenters. The highest BCUT2D eigenvalue weighted by Crippen LogP contribution is 2.25. The van der Waals surface area contributed by atoms with E-state index in [0.717, 1.165) is 9.37 Å². The summed E-state index contributed by atoms with van der Waals surface area (Å²) in [5.74, 6) is -1.02. The van der Waals surface area contributed by atoms with E-state index in [2.05, 4.69) is 15.9 Å². The highest BCUT2D eigenvalue weighted by atomic mass is 79.9. The molecule has 4 nitrogen and oxygen atoms in total. The first kappa shape index (κ1) is 11.0. The number of hydrogen-bond donors (Lipinski definition) is 0. The number of carbonyl (C=O) groups is 3. The summed E-state index contributed by atoms with van der Waals surface area (Å²) in [7, 11) is 0. The van der Waals surface area contributed by atoms with E-state index in [0.29, 0.717) is 11.1 Å². The van der Waals surface area contributed by atoms with Crippen molar-refractivity contribution in [3.05, 3.63) is 33.8 Å². The van der Waals surface area contributed by atoms with E-state index in [4.69, 9.17) is 0 Å². The summed E-state index contributed by atoms with van der Waals surface area (Å²) in [6.07, 6.45) is 0. The van der Waals surface area contributed by atoms with Crippen LogP contribution in [0.1, 0.15) is 27.6 Å². The molecule has 0 fully saturated rings. The van der Waals surface area contributed by atoms with Crippen molar-refractivity contribution in [2.24, 2.45) is 0 Å². The van der Waals surface area contributed by atoms with Crippen LogP contribution in [0.25, 0.3) is 0 Å². The molecule has 0 saturated heterocycles. The Bertz CT molecular complexity index is 510. The first-order valence-corrected chi connectivity index (χ1v) is 5.45. The van der Waals surface area contributed by atoms with Crippen molar-refractivity contribution in [1.82, 2.24) is 4.90 Å². The smallest absolute Gasteiger partial charge is 0.262 e. The molecule has 0 N–H and O–H groups in total. The lowest BCUT2D eigenvalue weighted by atomic mass is 10.1. The van der Waals surface area contributed by atoms with E-state index >= 15 is 0 Å². The van der Waals surface area contributed by atoms with E-state index in [9.17, 15) is 14.4 Å². The maximum absolute atomic E-state index is 11.8. The van der Waals surface area contributed by atoms with Gasteiger partial charge in [-0.3, -0.25) is 19.3 Å². The van der Waals surface area contributed by atoms with Gasteiger partial charge in [-0.25, -0.2) is 0 Å². The van der Waals surface area contributed by atoms with E-state index in [1.165, 1.54) is 6.92 Å². The van der Waals surface area contributed by atoms with Gasteiger partial charge in [0.15, 0.2) is 0 Å². The van der Waals surface area contributed by atoms with Crippen LogP contribution in [0, 0.1) is 0 Å². The Morgan fingerprint density at radius 1 is 1.25 bits per heavy atom. The predicted molar refractivity (Wildman–Crippen MR) is 60.2 cm³/mol. The zero-order valence-corrected chi connectivity index (χ0v) is 10.1. The van der Waals surface area contributed by atoms with Crippen LogP contribution in [0.15, 0.2) is 22.7 Å². The second kappa shape index (κ2) is 3.83. The third kappa shape index (κ3) is 1.67. The molecule has 2 rings (SSSR count). The molecule has 0 bridgehead atoms. The number of ketones is 1. The monoisotopic (exact) mass is 281 g/mol. The van der Waals surface area contributed by atoms with Crippen molar-refractivity contribution >= 4 is 33.5 Å². The minimum absolute atomic E-state index is 0.163. The van der Waals surface area contributed by atoms with E-state index in [-0.39, 0.29) is 12.3 Å². The van der Waals surface area contributed by atoms with Gasteiger partial charge >= 0.3 is 0 Å². The number of halogens is 1. The molecule has 2 amide bonds. The molecule has 1 aliphatic rings. The average molecular weight is 282 g/mol. The molecule has 0 radical (unpaired) electrons. The number of hydrogen-bond acceptors (Lipinski definition) is 3. The maximum Gasteiger partial charge on any atom is 0.262 e. The third-order valence-corrected chi connectivity index (χ3v) is 2.81. The quantitative estimate of drug-likeness (QED) is 0.775. The molecule has 1 aromatic rings. The van der Waals surface area contributed by atoms with Gasteiger partial charge in [0.1, 0.15) is 5.78 Å². The molecule has 1 aliphatic heterocycles. The van der Waals surface area contributed by atoms with Crippen LogP contribution in [0.4, 0.5) is 0 Å². The van der Waals surface area contributed by atoms with Crippen molar-refractivity contribution in [2.75, 3.05) is 6.54 Å². The van der Waals surface area contributed by atoms with Gasteiger partial charge in [0.05, 0.1) is 17.7 Å². The lowest BCUT2D eigenvalue weighted by Gasteiger charge is -2.10. The molecule has 1 aromatic carbocycles. The minimum atomic E-state index is -0.406. The summed E-state index contributed by atoms with van der Waals surface area (Å²) in [5.41, 5.74) is 0.704. The molecular formula is C11H8BrNO3.